The highest BCUT2D eigenvalue weighted by Gasteiger charge is 2.33. The van der Waals surface area contributed by atoms with E-state index in [0.717, 1.165) is 47.8 Å². The van der Waals surface area contributed by atoms with Gasteiger partial charge in [0.2, 0.25) is 5.91 Å². The maximum absolute atomic E-state index is 12.7. The molecule has 0 radical (unpaired) electrons. The van der Waals surface area contributed by atoms with Gasteiger partial charge in [-0.25, -0.2) is 0 Å². The molecule has 2 aliphatic rings. The van der Waals surface area contributed by atoms with Gasteiger partial charge in [-0.2, -0.15) is 4.99 Å². The molecule has 2 aliphatic heterocycles. The largest absolute Gasteiger partial charge is 0.351 e. The van der Waals surface area contributed by atoms with Crippen molar-refractivity contribution in [2.75, 3.05) is 18.4 Å². The standard InChI is InChI=1S/C26H30N4O3S/c1-16-6-7-17(2)21(14-16)18(3)27-24(32)19-8-10-20(11-9-19)28-23(31)15-22-25(33)29-26(34-22)30-12-4-5-13-30/h6-11,14,18,22H,4-5,12-13,15H2,1-3H3,(H,27,32)(H,28,31). The molecule has 8 heteroatoms. The van der Waals surface area contributed by atoms with E-state index < -0.39 is 5.25 Å². The molecule has 2 heterocycles. The van der Waals surface area contributed by atoms with E-state index in [9.17, 15) is 14.4 Å². The Morgan fingerprint density at radius 2 is 1.82 bits per heavy atom. The van der Waals surface area contributed by atoms with E-state index in [1.54, 1.807) is 24.3 Å². The molecule has 0 aromatic heterocycles. The number of anilines is 1. The first-order valence-corrected chi connectivity index (χ1v) is 12.5. The Hall–Kier alpha value is -3.13. The molecule has 2 atom stereocenters. The van der Waals surface area contributed by atoms with Gasteiger partial charge in [-0.05, 0) is 69.0 Å². The summed E-state index contributed by atoms with van der Waals surface area (Å²) < 4.78 is 0. The van der Waals surface area contributed by atoms with Crippen LogP contribution in [0.25, 0.3) is 0 Å². The fraction of sp³-hybridized carbons (Fsp3) is 0.385. The van der Waals surface area contributed by atoms with Crippen LogP contribution in [0, 0.1) is 13.8 Å². The zero-order chi connectivity index (χ0) is 24.2. The second-order valence-electron chi connectivity index (χ2n) is 8.92. The Bertz CT molecular complexity index is 1120. The van der Waals surface area contributed by atoms with Gasteiger partial charge < -0.3 is 15.5 Å². The highest BCUT2D eigenvalue weighted by atomic mass is 32.2. The Morgan fingerprint density at radius 3 is 2.53 bits per heavy atom. The Kier molecular flexibility index (Phi) is 7.36. The highest BCUT2D eigenvalue weighted by molar-refractivity contribution is 8.15. The molecule has 2 aromatic rings. The minimum Gasteiger partial charge on any atom is -0.351 e. The van der Waals surface area contributed by atoms with Crippen LogP contribution in [0.5, 0.6) is 0 Å². The number of aryl methyl sites for hydroxylation is 2. The van der Waals surface area contributed by atoms with Gasteiger partial charge in [0.1, 0.15) is 5.25 Å². The third-order valence-corrected chi connectivity index (χ3v) is 7.37. The number of thioether (sulfide) groups is 1. The molecule has 0 spiro atoms. The van der Waals surface area contributed by atoms with Gasteiger partial charge in [0.15, 0.2) is 5.17 Å². The molecule has 3 amide bonds. The van der Waals surface area contributed by atoms with E-state index in [4.69, 9.17) is 0 Å². The molecule has 2 aromatic carbocycles. The average molecular weight is 479 g/mol. The molecule has 4 rings (SSSR count). The first kappa shape index (κ1) is 24.0. The quantitative estimate of drug-likeness (QED) is 0.649. The Balaban J connectivity index is 1.29. The lowest BCUT2D eigenvalue weighted by molar-refractivity contribution is -0.121. The normalized spacial score (nSPS) is 18.6. The number of hydrogen-bond donors (Lipinski definition) is 2. The molecule has 178 valence electrons. The maximum atomic E-state index is 12.7. The van der Waals surface area contributed by atoms with E-state index in [0.29, 0.717) is 11.3 Å². The Labute approximate surface area is 204 Å². The minimum atomic E-state index is -0.479. The predicted molar refractivity (Wildman–Crippen MR) is 136 cm³/mol. The summed E-state index contributed by atoms with van der Waals surface area (Å²) in [7, 11) is 0. The number of likely N-dealkylation sites (tertiary alicyclic amines) is 1. The van der Waals surface area contributed by atoms with Crippen LogP contribution in [0.1, 0.15) is 59.3 Å². The third-order valence-electron chi connectivity index (χ3n) is 6.16. The zero-order valence-electron chi connectivity index (χ0n) is 19.8. The number of nitrogens with zero attached hydrogens (tertiary/aromatic N) is 2. The van der Waals surface area contributed by atoms with Crippen molar-refractivity contribution in [2.24, 2.45) is 4.99 Å². The predicted octanol–water partition coefficient (Wildman–Crippen LogP) is 4.22. The molecule has 0 aliphatic carbocycles. The monoisotopic (exact) mass is 478 g/mol. The summed E-state index contributed by atoms with van der Waals surface area (Å²) in [4.78, 5) is 43.7. The SMILES string of the molecule is Cc1ccc(C)c(C(C)NC(=O)c2ccc(NC(=O)CC3SC(N4CCCC4)=NC3=O)cc2)c1. The van der Waals surface area contributed by atoms with Crippen LogP contribution in [-0.2, 0) is 9.59 Å². The summed E-state index contributed by atoms with van der Waals surface area (Å²) in [6, 6.07) is 12.8. The van der Waals surface area contributed by atoms with Crippen molar-refractivity contribution in [3.05, 3.63) is 64.7 Å². The molecule has 0 saturated carbocycles. The van der Waals surface area contributed by atoms with Crippen LogP contribution >= 0.6 is 11.8 Å². The van der Waals surface area contributed by atoms with E-state index in [2.05, 4.69) is 38.7 Å². The van der Waals surface area contributed by atoms with Gasteiger partial charge in [0.25, 0.3) is 11.8 Å². The molecule has 34 heavy (non-hydrogen) atoms. The highest BCUT2D eigenvalue weighted by Crippen LogP contribution is 2.29. The molecular weight excluding hydrogens is 448 g/mol. The van der Waals surface area contributed by atoms with Crippen LogP contribution in [0.3, 0.4) is 0 Å². The van der Waals surface area contributed by atoms with Gasteiger partial charge in [0.05, 0.1) is 6.04 Å². The molecule has 7 nitrogen and oxygen atoms in total. The van der Waals surface area contributed by atoms with Crippen LogP contribution in [-0.4, -0.2) is 46.1 Å². The summed E-state index contributed by atoms with van der Waals surface area (Å²) in [5, 5.41) is 6.12. The smallest absolute Gasteiger partial charge is 0.262 e. The van der Waals surface area contributed by atoms with Crippen molar-refractivity contribution < 1.29 is 14.4 Å². The Morgan fingerprint density at radius 1 is 1.12 bits per heavy atom. The summed E-state index contributed by atoms with van der Waals surface area (Å²) in [5.41, 5.74) is 4.47. The van der Waals surface area contributed by atoms with Crippen molar-refractivity contribution in [3.8, 4) is 0 Å². The first-order chi connectivity index (χ1) is 16.3. The molecule has 0 bridgehead atoms. The van der Waals surface area contributed by atoms with Gasteiger partial charge in [-0.1, -0.05) is 35.5 Å². The fourth-order valence-corrected chi connectivity index (χ4v) is 5.34. The topological polar surface area (TPSA) is 90.9 Å². The molecule has 1 fully saturated rings. The number of benzene rings is 2. The molecule has 2 N–H and O–H groups in total. The van der Waals surface area contributed by atoms with E-state index in [1.165, 1.54) is 11.8 Å². The van der Waals surface area contributed by atoms with E-state index >= 15 is 0 Å². The second-order valence-corrected chi connectivity index (χ2v) is 10.1. The van der Waals surface area contributed by atoms with Crippen molar-refractivity contribution >= 4 is 40.3 Å². The third kappa shape index (κ3) is 5.67. The fourth-order valence-electron chi connectivity index (χ4n) is 4.22. The van der Waals surface area contributed by atoms with Gasteiger partial charge in [-0.15, -0.1) is 0 Å². The van der Waals surface area contributed by atoms with Crippen LogP contribution < -0.4 is 10.6 Å². The number of amidine groups is 1. The summed E-state index contributed by atoms with van der Waals surface area (Å²) in [5.74, 6) is -0.665. The van der Waals surface area contributed by atoms with E-state index in [-0.39, 0.29) is 30.2 Å². The second kappa shape index (κ2) is 10.4. The molecule has 2 unspecified atom stereocenters. The average Bonchev–Trinajstić information content (AvgIpc) is 3.46. The number of amides is 3. The lowest BCUT2D eigenvalue weighted by Crippen LogP contribution is -2.27. The minimum absolute atomic E-state index is 0.0694. The van der Waals surface area contributed by atoms with Gasteiger partial charge in [-0.3, -0.25) is 14.4 Å². The van der Waals surface area contributed by atoms with Crippen LogP contribution in [0.4, 0.5) is 5.69 Å². The summed E-state index contributed by atoms with van der Waals surface area (Å²) >= 11 is 1.38. The lowest BCUT2D eigenvalue weighted by Gasteiger charge is -2.17. The first-order valence-electron chi connectivity index (χ1n) is 11.6. The van der Waals surface area contributed by atoms with Crippen molar-refractivity contribution in [3.63, 3.8) is 0 Å². The number of nitrogens with one attached hydrogen (secondary N) is 2. The molecular formula is C26H30N4O3S. The van der Waals surface area contributed by atoms with Crippen molar-refractivity contribution in [1.29, 1.82) is 0 Å². The number of aliphatic imine (C=N–C) groups is 1. The maximum Gasteiger partial charge on any atom is 0.262 e. The van der Waals surface area contributed by atoms with Crippen molar-refractivity contribution in [2.45, 2.75) is 51.3 Å². The number of rotatable bonds is 6. The van der Waals surface area contributed by atoms with Crippen LogP contribution in [0.2, 0.25) is 0 Å². The number of carbonyl (C=O) groups is 3. The summed E-state index contributed by atoms with van der Waals surface area (Å²) in [6.07, 6.45) is 2.29. The lowest BCUT2D eigenvalue weighted by atomic mass is 9.99. The van der Waals surface area contributed by atoms with Crippen LogP contribution in [0.15, 0.2) is 47.5 Å². The number of hydrogen-bond acceptors (Lipinski definition) is 5. The van der Waals surface area contributed by atoms with E-state index in [1.807, 2.05) is 20.8 Å². The van der Waals surface area contributed by atoms with Crippen molar-refractivity contribution in [1.82, 2.24) is 10.2 Å². The van der Waals surface area contributed by atoms with Gasteiger partial charge in [0, 0.05) is 30.8 Å². The van der Waals surface area contributed by atoms with Gasteiger partial charge >= 0.3 is 0 Å². The molecule has 1 saturated heterocycles. The summed E-state index contributed by atoms with van der Waals surface area (Å²) in [6.45, 7) is 7.87. The number of carbonyl (C=O) groups excluding carboxylic acids is 3. The zero-order valence-corrected chi connectivity index (χ0v) is 20.6.